The predicted molar refractivity (Wildman–Crippen MR) is 69.0 cm³/mol. The molecule has 0 heterocycles. The van der Waals surface area contributed by atoms with Crippen molar-refractivity contribution in [2.45, 2.75) is 19.4 Å². The van der Waals surface area contributed by atoms with Crippen molar-refractivity contribution in [3.05, 3.63) is 35.4 Å². The first-order chi connectivity index (χ1) is 7.06. The maximum absolute atomic E-state index is 5.73. The summed E-state index contributed by atoms with van der Waals surface area (Å²) in [5.74, 6) is 0. The van der Waals surface area contributed by atoms with Crippen LogP contribution in [-0.2, 0) is 6.42 Å². The van der Waals surface area contributed by atoms with Crippen molar-refractivity contribution in [3.8, 4) is 0 Å². The Morgan fingerprint density at radius 2 is 1.87 bits per heavy atom. The van der Waals surface area contributed by atoms with Crippen LogP contribution in [0.3, 0.4) is 0 Å². The molecule has 3 heteroatoms. The maximum Gasteiger partial charge on any atom is 0.0948 e. The summed E-state index contributed by atoms with van der Waals surface area (Å²) in [4.78, 5) is 2.55. The number of nitrogens with two attached hydrogens (primary N) is 1. The number of benzene rings is 1. The average molecular weight is 222 g/mol. The molecule has 1 aromatic carbocycles. The molecule has 0 aliphatic carbocycles. The van der Waals surface area contributed by atoms with Crippen LogP contribution in [0.5, 0.6) is 0 Å². The average Bonchev–Trinajstić information content (AvgIpc) is 2.18. The summed E-state index contributed by atoms with van der Waals surface area (Å²) in [6.45, 7) is 2.14. The summed E-state index contributed by atoms with van der Waals surface area (Å²) >= 11 is 5.07. The van der Waals surface area contributed by atoms with Gasteiger partial charge in [0, 0.05) is 0 Å². The summed E-state index contributed by atoms with van der Waals surface area (Å²) in [5, 5.41) is 0. The molecule has 1 aromatic rings. The van der Waals surface area contributed by atoms with E-state index in [2.05, 4.69) is 31.2 Å². The highest BCUT2D eigenvalue weighted by atomic mass is 32.1. The number of likely N-dealkylation sites (N-methyl/N-ethyl adjacent to an activating group) is 1. The highest BCUT2D eigenvalue weighted by molar-refractivity contribution is 7.80. The van der Waals surface area contributed by atoms with Crippen LogP contribution in [0.1, 0.15) is 24.1 Å². The van der Waals surface area contributed by atoms with Crippen LogP contribution in [0.25, 0.3) is 0 Å². The van der Waals surface area contributed by atoms with Crippen LogP contribution < -0.4 is 5.73 Å². The molecule has 1 rings (SSSR count). The first kappa shape index (κ1) is 12.1. The van der Waals surface area contributed by atoms with E-state index in [1.807, 2.05) is 19.0 Å². The molecule has 0 saturated carbocycles. The molecule has 1 atom stereocenters. The minimum absolute atomic E-state index is 0.0332. The smallest absolute Gasteiger partial charge is 0.0948 e. The quantitative estimate of drug-likeness (QED) is 0.791. The predicted octanol–water partition coefficient (Wildman–Crippen LogP) is 2.14. The molecule has 0 aromatic heterocycles. The maximum atomic E-state index is 5.73. The Morgan fingerprint density at radius 1 is 1.33 bits per heavy atom. The van der Waals surface area contributed by atoms with Crippen molar-refractivity contribution in [2.75, 3.05) is 14.1 Å². The Bertz CT molecular complexity index is 330. The van der Waals surface area contributed by atoms with Gasteiger partial charge in [0.2, 0.25) is 0 Å². The molecule has 82 valence electrons. The number of hydrogen-bond donors (Lipinski definition) is 1. The molecule has 0 radical (unpaired) electrons. The van der Waals surface area contributed by atoms with Crippen LogP contribution >= 0.6 is 12.2 Å². The molecular formula is C12H18N2S. The van der Waals surface area contributed by atoms with Crippen LogP contribution in [0.4, 0.5) is 0 Å². The lowest BCUT2D eigenvalue weighted by atomic mass is 10.0. The molecule has 0 aliphatic rings. The van der Waals surface area contributed by atoms with E-state index < -0.39 is 0 Å². The molecule has 0 spiro atoms. The number of nitrogens with zero attached hydrogens (tertiary/aromatic N) is 1. The van der Waals surface area contributed by atoms with E-state index >= 15 is 0 Å². The van der Waals surface area contributed by atoms with Crippen molar-refractivity contribution in [1.29, 1.82) is 0 Å². The molecule has 15 heavy (non-hydrogen) atoms. The Kier molecular flexibility index (Phi) is 4.24. The zero-order valence-electron chi connectivity index (χ0n) is 9.53. The van der Waals surface area contributed by atoms with Crippen LogP contribution in [0, 0.1) is 0 Å². The third-order valence-electron chi connectivity index (χ3n) is 2.49. The lowest BCUT2D eigenvalue weighted by Crippen LogP contribution is -2.31. The third-order valence-corrected chi connectivity index (χ3v) is 2.71. The molecule has 0 bridgehead atoms. The fraction of sp³-hybridized carbons (Fsp3) is 0.417. The minimum atomic E-state index is 0.0332. The second-order valence-electron chi connectivity index (χ2n) is 3.86. The molecule has 0 aliphatic heterocycles. The van der Waals surface area contributed by atoms with Crippen molar-refractivity contribution in [3.63, 3.8) is 0 Å². The molecule has 0 saturated heterocycles. The molecular weight excluding hydrogens is 204 g/mol. The summed E-state index contributed by atoms with van der Waals surface area (Å²) in [6.07, 6.45) is 1.06. The van der Waals surface area contributed by atoms with Gasteiger partial charge in [-0.2, -0.15) is 0 Å². The van der Waals surface area contributed by atoms with Crippen molar-refractivity contribution in [2.24, 2.45) is 5.73 Å². The summed E-state index contributed by atoms with van der Waals surface area (Å²) in [7, 11) is 3.97. The van der Waals surface area contributed by atoms with E-state index in [1.54, 1.807) is 0 Å². The SMILES string of the molecule is CCc1ccc(C(C(N)=S)N(C)C)cc1. The topological polar surface area (TPSA) is 29.3 Å². The standard InChI is InChI=1S/C12H18N2S/c1-4-9-5-7-10(8-6-9)11(12(13)15)14(2)3/h5-8,11H,4H2,1-3H3,(H2,13,15). The van der Waals surface area contributed by atoms with Gasteiger partial charge in [0.15, 0.2) is 0 Å². The molecule has 1 unspecified atom stereocenters. The van der Waals surface area contributed by atoms with E-state index in [-0.39, 0.29) is 6.04 Å². The molecule has 2 N–H and O–H groups in total. The summed E-state index contributed by atoms with van der Waals surface area (Å²) in [5.41, 5.74) is 8.22. The number of hydrogen-bond acceptors (Lipinski definition) is 2. The van der Waals surface area contributed by atoms with E-state index in [4.69, 9.17) is 18.0 Å². The highest BCUT2D eigenvalue weighted by Crippen LogP contribution is 2.19. The van der Waals surface area contributed by atoms with E-state index in [1.165, 1.54) is 5.56 Å². The number of aryl methyl sites for hydroxylation is 1. The van der Waals surface area contributed by atoms with Crippen LogP contribution in [-0.4, -0.2) is 24.0 Å². The van der Waals surface area contributed by atoms with Gasteiger partial charge in [-0.15, -0.1) is 0 Å². The zero-order chi connectivity index (χ0) is 11.4. The molecule has 0 fully saturated rings. The van der Waals surface area contributed by atoms with Gasteiger partial charge in [-0.05, 0) is 31.6 Å². The van der Waals surface area contributed by atoms with Gasteiger partial charge in [-0.25, -0.2) is 0 Å². The van der Waals surface area contributed by atoms with Gasteiger partial charge < -0.3 is 5.73 Å². The van der Waals surface area contributed by atoms with Gasteiger partial charge >= 0.3 is 0 Å². The third kappa shape index (κ3) is 3.01. The Labute approximate surface area is 97.1 Å². The van der Waals surface area contributed by atoms with Crippen molar-refractivity contribution < 1.29 is 0 Å². The molecule has 2 nitrogen and oxygen atoms in total. The summed E-state index contributed by atoms with van der Waals surface area (Å²) < 4.78 is 0. The number of thiocarbonyl (C=S) groups is 1. The Balaban J connectivity index is 2.97. The molecule has 0 amide bonds. The second-order valence-corrected chi connectivity index (χ2v) is 4.34. The summed E-state index contributed by atoms with van der Waals surface area (Å²) in [6, 6.07) is 8.49. The van der Waals surface area contributed by atoms with Gasteiger partial charge in [-0.1, -0.05) is 43.4 Å². The van der Waals surface area contributed by atoms with E-state index in [0.717, 1.165) is 12.0 Å². The van der Waals surface area contributed by atoms with Crippen LogP contribution in [0.2, 0.25) is 0 Å². The lowest BCUT2D eigenvalue weighted by molar-refractivity contribution is 0.371. The van der Waals surface area contributed by atoms with E-state index in [0.29, 0.717) is 4.99 Å². The van der Waals surface area contributed by atoms with Gasteiger partial charge in [-0.3, -0.25) is 4.90 Å². The van der Waals surface area contributed by atoms with Gasteiger partial charge in [0.05, 0.1) is 11.0 Å². The van der Waals surface area contributed by atoms with Crippen molar-refractivity contribution in [1.82, 2.24) is 4.90 Å². The zero-order valence-corrected chi connectivity index (χ0v) is 10.3. The van der Waals surface area contributed by atoms with Crippen LogP contribution in [0.15, 0.2) is 24.3 Å². The minimum Gasteiger partial charge on any atom is -0.392 e. The largest absolute Gasteiger partial charge is 0.392 e. The van der Waals surface area contributed by atoms with E-state index in [9.17, 15) is 0 Å². The first-order valence-corrected chi connectivity index (χ1v) is 5.51. The van der Waals surface area contributed by atoms with Crippen molar-refractivity contribution >= 4 is 17.2 Å². The lowest BCUT2D eigenvalue weighted by Gasteiger charge is -2.23. The Hall–Kier alpha value is -0.930. The van der Waals surface area contributed by atoms with Gasteiger partial charge in [0.1, 0.15) is 0 Å². The fourth-order valence-corrected chi connectivity index (χ4v) is 2.00. The monoisotopic (exact) mass is 222 g/mol. The normalized spacial score (nSPS) is 12.8. The second kappa shape index (κ2) is 5.24. The number of rotatable bonds is 4. The Morgan fingerprint density at radius 3 is 2.20 bits per heavy atom. The van der Waals surface area contributed by atoms with Gasteiger partial charge in [0.25, 0.3) is 0 Å². The highest BCUT2D eigenvalue weighted by Gasteiger charge is 2.16. The fourth-order valence-electron chi connectivity index (χ4n) is 1.65. The first-order valence-electron chi connectivity index (χ1n) is 5.10.